The maximum absolute atomic E-state index is 4.67. The van der Waals surface area contributed by atoms with Crippen molar-refractivity contribution in [1.29, 1.82) is 0 Å². The Bertz CT molecular complexity index is 33.0. The molecule has 0 heterocycles. The summed E-state index contributed by atoms with van der Waals surface area (Å²) in [6, 6.07) is 0. The highest BCUT2D eigenvalue weighted by atomic mass is 14.5. The van der Waals surface area contributed by atoms with Crippen LogP contribution in [0.25, 0.3) is 0 Å². The van der Waals surface area contributed by atoms with E-state index in [1.165, 1.54) is 0 Å². The first kappa shape index (κ1) is 3.52. The normalized spacial score (nSPS) is 5.00. The molecule has 0 aliphatic heterocycles. The molecular formula is C3H4N. The Morgan fingerprint density at radius 2 is 2.25 bits per heavy atom. The molecule has 0 atom stereocenters. The van der Waals surface area contributed by atoms with Crippen LogP contribution in [-0.4, -0.2) is 0 Å². The van der Waals surface area contributed by atoms with Crippen LogP contribution in [0.4, 0.5) is 0 Å². The van der Waals surface area contributed by atoms with Gasteiger partial charge in [-0.1, -0.05) is 5.92 Å². The van der Waals surface area contributed by atoms with Crippen LogP contribution in [0.15, 0.2) is 0 Å². The van der Waals surface area contributed by atoms with Gasteiger partial charge in [-0.25, -0.2) is 0 Å². The summed E-state index contributed by atoms with van der Waals surface area (Å²) in [6.45, 7) is 1.15. The van der Waals surface area contributed by atoms with E-state index in [1.807, 2.05) is 0 Å². The summed E-state index contributed by atoms with van der Waals surface area (Å²) in [5, 5.41) is 0. The van der Waals surface area contributed by atoms with Gasteiger partial charge in [-0.2, -0.15) is 0 Å². The van der Waals surface area contributed by atoms with Gasteiger partial charge >= 0.3 is 0 Å². The summed E-state index contributed by atoms with van der Waals surface area (Å²) >= 11 is 0. The van der Waals surface area contributed by atoms with Crippen molar-refractivity contribution in [2.45, 2.75) is 0 Å². The molecule has 0 aliphatic rings. The Balaban J connectivity index is 2.43. The highest BCUT2D eigenvalue weighted by Gasteiger charge is 1.43. The van der Waals surface area contributed by atoms with Crippen molar-refractivity contribution < 1.29 is 0 Å². The molecule has 0 rings (SSSR count). The largest absolute Gasteiger partial charge is 0.316 e. The van der Waals surface area contributed by atoms with Crippen molar-refractivity contribution in [3.05, 3.63) is 6.54 Å². The summed E-state index contributed by atoms with van der Waals surface area (Å²) in [4.78, 5) is 0. The van der Waals surface area contributed by atoms with Crippen LogP contribution in [0.3, 0.4) is 0 Å². The lowest BCUT2D eigenvalue weighted by Crippen LogP contribution is -1.81. The SMILES string of the molecule is C#C[CH]N. The average Bonchev–Trinajstić information content (AvgIpc) is 1.37. The minimum atomic E-state index is 1.15. The number of hydrogen-bond acceptors (Lipinski definition) is 1. The summed E-state index contributed by atoms with van der Waals surface area (Å²) in [5.41, 5.74) is 4.67. The van der Waals surface area contributed by atoms with Crippen molar-refractivity contribution in [3.8, 4) is 12.3 Å². The Labute approximate surface area is 25.8 Å². The van der Waals surface area contributed by atoms with Gasteiger partial charge in [0.25, 0.3) is 0 Å². The Kier molecular flexibility index (Phi) is 2.22. The zero-order valence-corrected chi connectivity index (χ0v) is 2.23. The van der Waals surface area contributed by atoms with Gasteiger partial charge < -0.3 is 5.73 Å². The van der Waals surface area contributed by atoms with E-state index in [-0.39, 0.29) is 0 Å². The Hall–Kier alpha value is -0.480. The van der Waals surface area contributed by atoms with E-state index in [4.69, 9.17) is 0 Å². The fourth-order valence-electron chi connectivity index (χ4n) is 0. The third kappa shape index (κ3) is 1.52. The van der Waals surface area contributed by atoms with E-state index >= 15 is 0 Å². The van der Waals surface area contributed by atoms with Crippen LogP contribution in [-0.2, 0) is 0 Å². The monoisotopic (exact) mass is 54.0 g/mol. The molecule has 0 amide bonds. The molecule has 0 aromatic rings. The van der Waals surface area contributed by atoms with E-state index in [1.54, 1.807) is 0 Å². The van der Waals surface area contributed by atoms with Crippen LogP contribution in [0.5, 0.6) is 0 Å². The van der Waals surface area contributed by atoms with Crippen molar-refractivity contribution in [1.82, 2.24) is 0 Å². The van der Waals surface area contributed by atoms with Gasteiger partial charge in [-0.05, 0) is 0 Å². The summed E-state index contributed by atoms with van der Waals surface area (Å²) in [7, 11) is 0. The van der Waals surface area contributed by atoms with Gasteiger partial charge in [0.2, 0.25) is 0 Å². The molecule has 1 nitrogen and oxygen atoms in total. The van der Waals surface area contributed by atoms with Gasteiger partial charge in [-0.15, -0.1) is 6.42 Å². The maximum atomic E-state index is 4.67. The van der Waals surface area contributed by atoms with E-state index in [2.05, 4.69) is 18.1 Å². The van der Waals surface area contributed by atoms with Crippen LogP contribution in [0.1, 0.15) is 0 Å². The molecule has 21 valence electrons. The second kappa shape index (κ2) is 2.52. The molecule has 0 unspecified atom stereocenters. The molecule has 1 radical (unpaired) electrons. The minimum Gasteiger partial charge on any atom is -0.316 e. The first-order valence-corrected chi connectivity index (χ1v) is 0.911. The standard InChI is InChI=1S/C3H4N/c1-2-3-4/h1,3H,4H2. The molecule has 0 saturated heterocycles. The molecule has 0 fully saturated rings. The predicted octanol–water partition coefficient (Wildman–Crippen LogP) is -0.260. The van der Waals surface area contributed by atoms with E-state index in [0.717, 1.165) is 6.54 Å². The molecule has 2 N–H and O–H groups in total. The molecular weight excluding hydrogens is 50.0 g/mol. The Morgan fingerprint density at radius 3 is 2.25 bits per heavy atom. The fraction of sp³-hybridized carbons (Fsp3) is 0. The number of terminal acetylenes is 1. The lowest BCUT2D eigenvalue weighted by molar-refractivity contribution is 1.50. The number of rotatable bonds is 0. The van der Waals surface area contributed by atoms with Crippen molar-refractivity contribution in [2.75, 3.05) is 0 Å². The van der Waals surface area contributed by atoms with Crippen molar-refractivity contribution in [2.24, 2.45) is 5.73 Å². The van der Waals surface area contributed by atoms with Gasteiger partial charge in [0.15, 0.2) is 0 Å². The Morgan fingerprint density at radius 1 is 2.00 bits per heavy atom. The van der Waals surface area contributed by atoms with Crippen LogP contribution in [0, 0.1) is 18.9 Å². The smallest absolute Gasteiger partial charge is 0.0929 e. The van der Waals surface area contributed by atoms with Gasteiger partial charge in [0.1, 0.15) is 0 Å². The molecule has 0 saturated carbocycles. The van der Waals surface area contributed by atoms with Gasteiger partial charge in [-0.3, -0.25) is 0 Å². The van der Waals surface area contributed by atoms with Crippen molar-refractivity contribution in [3.63, 3.8) is 0 Å². The molecule has 0 aromatic carbocycles. The predicted molar refractivity (Wildman–Crippen MR) is 17.3 cm³/mol. The second-order valence-electron chi connectivity index (χ2n) is 0.333. The first-order valence-electron chi connectivity index (χ1n) is 0.911. The van der Waals surface area contributed by atoms with E-state index in [9.17, 15) is 0 Å². The second-order valence-corrected chi connectivity index (χ2v) is 0.333. The van der Waals surface area contributed by atoms with Crippen LogP contribution < -0.4 is 5.73 Å². The lowest BCUT2D eigenvalue weighted by atomic mass is 10.7. The molecule has 0 aliphatic carbocycles. The average molecular weight is 54.1 g/mol. The molecule has 0 bridgehead atoms. The minimum absolute atomic E-state index is 1.15. The topological polar surface area (TPSA) is 26.0 Å². The van der Waals surface area contributed by atoms with Gasteiger partial charge in [0, 0.05) is 0 Å². The molecule has 0 spiro atoms. The van der Waals surface area contributed by atoms with Gasteiger partial charge in [0.05, 0.1) is 6.54 Å². The zero-order chi connectivity index (χ0) is 3.41. The highest BCUT2D eigenvalue weighted by Crippen LogP contribution is 1.38. The number of nitrogens with two attached hydrogens (primary N) is 1. The molecule has 0 aromatic heterocycles. The van der Waals surface area contributed by atoms with E-state index in [0.29, 0.717) is 0 Å². The van der Waals surface area contributed by atoms with Crippen LogP contribution >= 0.6 is 0 Å². The molecule has 1 heteroatoms. The van der Waals surface area contributed by atoms with Crippen molar-refractivity contribution >= 4 is 0 Å². The third-order valence-corrected chi connectivity index (χ3v) is 0.0962. The fourth-order valence-corrected chi connectivity index (χ4v) is 0. The summed E-state index contributed by atoms with van der Waals surface area (Å²) in [6.07, 6.45) is 4.60. The van der Waals surface area contributed by atoms with Crippen LogP contribution in [0.2, 0.25) is 0 Å². The third-order valence-electron chi connectivity index (χ3n) is 0.0962. The molecule has 4 heavy (non-hydrogen) atoms. The maximum Gasteiger partial charge on any atom is 0.0929 e. The summed E-state index contributed by atoms with van der Waals surface area (Å²) < 4.78 is 0. The summed E-state index contributed by atoms with van der Waals surface area (Å²) in [5.74, 6) is 2.08. The van der Waals surface area contributed by atoms with E-state index < -0.39 is 0 Å². The zero-order valence-electron chi connectivity index (χ0n) is 2.23. The highest BCUT2D eigenvalue weighted by molar-refractivity contribution is 4.95. The number of hydrogen-bond donors (Lipinski definition) is 1. The lowest BCUT2D eigenvalue weighted by Gasteiger charge is -1.54. The quantitative estimate of drug-likeness (QED) is 0.379. The first-order chi connectivity index (χ1) is 1.91.